The number of aliphatic carboxylic acids is 2. The number of carbonyl (C=O) groups is 2. The largest absolute Gasteiger partial charge is 2.00 e. The van der Waals surface area contributed by atoms with Gasteiger partial charge in [-0.1, -0.05) is 129 Å². The van der Waals surface area contributed by atoms with E-state index in [1.54, 1.807) is 0 Å². The maximum Gasteiger partial charge on any atom is 2.00 e. The van der Waals surface area contributed by atoms with Crippen molar-refractivity contribution in [2.45, 2.75) is 155 Å². The molecule has 0 amide bonds. The van der Waals surface area contributed by atoms with Crippen molar-refractivity contribution >= 4 is 11.9 Å². The maximum absolute atomic E-state index is 10.1. The van der Waals surface area contributed by atoms with Crippen LogP contribution in [0.4, 0.5) is 0 Å². The van der Waals surface area contributed by atoms with Gasteiger partial charge in [-0.3, -0.25) is 0 Å². The zero-order valence-corrected chi connectivity index (χ0v) is 21.4. The molecule has 1 radical (unpaired) electrons. The van der Waals surface area contributed by atoms with Gasteiger partial charge in [-0.25, -0.2) is 0 Å². The van der Waals surface area contributed by atoms with E-state index >= 15 is 0 Å². The van der Waals surface area contributed by atoms with Crippen LogP contribution in [0.5, 0.6) is 0 Å². The molecule has 0 aliphatic rings. The zero-order chi connectivity index (χ0) is 22.7. The summed E-state index contributed by atoms with van der Waals surface area (Å²) in [5.41, 5.74) is 0. The Balaban J connectivity index is -0.000000490. The summed E-state index contributed by atoms with van der Waals surface area (Å²) in [4.78, 5) is 20.2. The normalized spacial score (nSPS) is 10.1. The van der Waals surface area contributed by atoms with Gasteiger partial charge in [0.15, 0.2) is 0 Å². The molecule has 5 heteroatoms. The van der Waals surface area contributed by atoms with Crippen molar-refractivity contribution in [1.29, 1.82) is 0 Å². The van der Waals surface area contributed by atoms with E-state index in [1.165, 1.54) is 103 Å². The van der Waals surface area contributed by atoms with Crippen LogP contribution in [0.25, 0.3) is 0 Å². The van der Waals surface area contributed by atoms with E-state index in [0.29, 0.717) is 0 Å². The van der Waals surface area contributed by atoms with Gasteiger partial charge in [-0.15, -0.1) is 0 Å². The average Bonchev–Trinajstić information content (AvgIpc) is 2.71. The number of hydrogen-bond donors (Lipinski definition) is 0. The van der Waals surface area contributed by atoms with Gasteiger partial charge in [0.25, 0.3) is 0 Å². The Hall–Kier alpha value is -0.541. The molecule has 0 aromatic heterocycles. The Labute approximate surface area is 203 Å². The summed E-state index contributed by atoms with van der Waals surface area (Å²) in [6.07, 6.45) is 25.2. The predicted octanol–water partition coefficient (Wildman–Crippen LogP) is 6.09. The van der Waals surface area contributed by atoms with Crippen LogP contribution >= 0.6 is 0 Å². The molecule has 0 unspecified atom stereocenters. The van der Waals surface area contributed by atoms with Gasteiger partial charge in [0.1, 0.15) is 0 Å². The Kier molecular flexibility index (Phi) is 35.8. The fraction of sp³-hybridized carbons (Fsp3) is 0.923. The van der Waals surface area contributed by atoms with Crippen molar-refractivity contribution in [2.24, 2.45) is 0 Å². The number of rotatable bonds is 22. The van der Waals surface area contributed by atoms with E-state index in [-0.39, 0.29) is 29.9 Å². The van der Waals surface area contributed by atoms with Gasteiger partial charge in [-0.05, 0) is 25.7 Å². The molecule has 0 aliphatic carbocycles. The first-order chi connectivity index (χ1) is 14.5. The van der Waals surface area contributed by atoms with Crippen LogP contribution in [0.3, 0.4) is 0 Å². The molecule has 0 saturated carbocycles. The number of carboxylic acid groups (broad SMARTS) is 2. The number of carboxylic acids is 2. The van der Waals surface area contributed by atoms with Crippen molar-refractivity contribution in [3.8, 4) is 0 Å². The Morgan fingerprint density at radius 2 is 0.613 bits per heavy atom. The smallest absolute Gasteiger partial charge is 0.550 e. The van der Waals surface area contributed by atoms with E-state index in [4.69, 9.17) is 0 Å². The molecule has 4 nitrogen and oxygen atoms in total. The summed E-state index contributed by atoms with van der Waals surface area (Å²) in [7, 11) is 0. The molecular weight excluding hydrogens is 440 g/mol. The molecule has 189 valence electrons. The van der Waals surface area contributed by atoms with Crippen molar-refractivity contribution in [3.05, 3.63) is 0 Å². The molecule has 0 aromatic carbocycles. The fourth-order valence-electron chi connectivity index (χ4n) is 3.51. The summed E-state index contributed by atoms with van der Waals surface area (Å²) in [5, 5.41) is 20.2. The van der Waals surface area contributed by atoms with Gasteiger partial charge < -0.3 is 19.8 Å². The standard InChI is InChI=1S/2C13H26O2.Cu/c2*1-2-3-4-5-6-7-8-9-10-11-12-13(14)15;/h2*2-12H2,1H3,(H,14,15);/q;;+2/p-2. The van der Waals surface area contributed by atoms with E-state index in [0.717, 1.165) is 25.7 Å². The molecule has 0 N–H and O–H groups in total. The van der Waals surface area contributed by atoms with Crippen LogP contribution in [0.1, 0.15) is 155 Å². The summed E-state index contributed by atoms with van der Waals surface area (Å²) >= 11 is 0. The third-order valence-electron chi connectivity index (χ3n) is 5.47. The van der Waals surface area contributed by atoms with Crippen molar-refractivity contribution < 1.29 is 36.9 Å². The summed E-state index contributed by atoms with van der Waals surface area (Å²) in [6, 6.07) is 0. The first-order valence-corrected chi connectivity index (χ1v) is 12.9. The first kappa shape index (κ1) is 35.1. The van der Waals surface area contributed by atoms with Gasteiger partial charge in [-0.2, -0.15) is 0 Å². The minimum atomic E-state index is -0.908. The van der Waals surface area contributed by atoms with E-state index in [2.05, 4.69) is 13.8 Å². The molecule has 0 aromatic rings. The van der Waals surface area contributed by atoms with E-state index in [9.17, 15) is 19.8 Å². The molecule has 0 atom stereocenters. The third-order valence-corrected chi connectivity index (χ3v) is 5.47. The van der Waals surface area contributed by atoms with Gasteiger partial charge in [0, 0.05) is 11.9 Å². The molecule has 0 fully saturated rings. The molecular formula is C26H50CuO4. The predicted molar refractivity (Wildman–Crippen MR) is 123 cm³/mol. The van der Waals surface area contributed by atoms with E-state index < -0.39 is 11.9 Å². The second kappa shape index (κ2) is 31.6. The molecule has 0 aliphatic heterocycles. The number of hydrogen-bond acceptors (Lipinski definition) is 4. The van der Waals surface area contributed by atoms with Crippen LogP contribution in [-0.4, -0.2) is 11.9 Å². The van der Waals surface area contributed by atoms with Gasteiger partial charge in [0.05, 0.1) is 0 Å². The average molecular weight is 490 g/mol. The monoisotopic (exact) mass is 489 g/mol. The van der Waals surface area contributed by atoms with Crippen LogP contribution in [-0.2, 0) is 26.7 Å². The number of carbonyl (C=O) groups excluding carboxylic acids is 2. The van der Waals surface area contributed by atoms with Crippen molar-refractivity contribution in [2.75, 3.05) is 0 Å². The molecule has 0 rings (SSSR count). The summed E-state index contributed by atoms with van der Waals surface area (Å²) in [6.45, 7) is 4.47. The molecule has 0 heterocycles. The Morgan fingerprint density at radius 3 is 0.806 bits per heavy atom. The van der Waals surface area contributed by atoms with Crippen LogP contribution in [0.2, 0.25) is 0 Å². The van der Waals surface area contributed by atoms with Crippen molar-refractivity contribution in [3.63, 3.8) is 0 Å². The van der Waals surface area contributed by atoms with Crippen LogP contribution < -0.4 is 10.2 Å². The molecule has 31 heavy (non-hydrogen) atoms. The SMILES string of the molecule is CCCCCCCCCCCCC(=O)[O-].CCCCCCCCCCCCC(=O)[O-].[Cu+2]. The summed E-state index contributed by atoms with van der Waals surface area (Å²) < 4.78 is 0. The summed E-state index contributed by atoms with van der Waals surface area (Å²) in [5.74, 6) is -1.82. The van der Waals surface area contributed by atoms with Gasteiger partial charge >= 0.3 is 17.1 Å². The Bertz CT molecular complexity index is 327. The fourth-order valence-corrected chi connectivity index (χ4v) is 3.51. The van der Waals surface area contributed by atoms with Crippen molar-refractivity contribution in [1.82, 2.24) is 0 Å². The van der Waals surface area contributed by atoms with Gasteiger partial charge in [0.2, 0.25) is 0 Å². The molecule has 0 bridgehead atoms. The second-order valence-corrected chi connectivity index (χ2v) is 8.61. The first-order valence-electron chi connectivity index (χ1n) is 12.9. The molecule has 0 spiro atoms. The second-order valence-electron chi connectivity index (χ2n) is 8.61. The van der Waals surface area contributed by atoms with E-state index in [1.807, 2.05) is 0 Å². The molecule has 0 saturated heterocycles. The minimum Gasteiger partial charge on any atom is -0.550 e. The Morgan fingerprint density at radius 1 is 0.419 bits per heavy atom. The topological polar surface area (TPSA) is 80.3 Å². The zero-order valence-electron chi connectivity index (χ0n) is 20.5. The maximum atomic E-state index is 10.1. The number of unbranched alkanes of at least 4 members (excludes halogenated alkanes) is 18. The van der Waals surface area contributed by atoms with Crippen LogP contribution in [0.15, 0.2) is 0 Å². The van der Waals surface area contributed by atoms with Crippen LogP contribution in [0, 0.1) is 0 Å². The quantitative estimate of drug-likeness (QED) is 0.136. The minimum absolute atomic E-state index is 0. The third kappa shape index (κ3) is 40.4.